The Labute approximate surface area is 161 Å². The van der Waals surface area contributed by atoms with Gasteiger partial charge in [-0.1, -0.05) is 40.5 Å². The van der Waals surface area contributed by atoms with E-state index in [9.17, 15) is 4.79 Å². The summed E-state index contributed by atoms with van der Waals surface area (Å²) in [6.07, 6.45) is 0.922. The highest BCUT2D eigenvalue weighted by molar-refractivity contribution is 9.10. The second kappa shape index (κ2) is 9.11. The highest BCUT2D eigenvalue weighted by atomic mass is 79.9. The molecule has 0 saturated carbocycles. The van der Waals surface area contributed by atoms with Crippen LogP contribution in [-0.2, 0) is 0 Å². The van der Waals surface area contributed by atoms with Crippen LogP contribution in [0.4, 0.5) is 0 Å². The second-order valence-corrected chi connectivity index (χ2v) is 6.90. The zero-order valence-electron chi connectivity index (χ0n) is 14.4. The SMILES string of the molecule is CCCOc1ccc(C(C)NC(=O)c2ccc(Br)cc2Cl)cc1OC. The van der Waals surface area contributed by atoms with E-state index in [0.29, 0.717) is 28.7 Å². The van der Waals surface area contributed by atoms with Gasteiger partial charge in [-0.2, -0.15) is 0 Å². The van der Waals surface area contributed by atoms with Crippen molar-refractivity contribution in [3.8, 4) is 11.5 Å². The number of carbonyl (C=O) groups excluding carboxylic acids is 1. The summed E-state index contributed by atoms with van der Waals surface area (Å²) in [6, 6.07) is 10.6. The average Bonchev–Trinajstić information content (AvgIpc) is 2.59. The largest absolute Gasteiger partial charge is 0.493 e. The first-order valence-electron chi connectivity index (χ1n) is 8.03. The molecule has 0 saturated heterocycles. The summed E-state index contributed by atoms with van der Waals surface area (Å²) < 4.78 is 11.9. The minimum Gasteiger partial charge on any atom is -0.493 e. The van der Waals surface area contributed by atoms with Crippen LogP contribution >= 0.6 is 27.5 Å². The number of amides is 1. The fraction of sp³-hybridized carbons (Fsp3) is 0.316. The number of nitrogens with one attached hydrogen (secondary N) is 1. The van der Waals surface area contributed by atoms with E-state index in [4.69, 9.17) is 21.1 Å². The van der Waals surface area contributed by atoms with Gasteiger partial charge in [0.25, 0.3) is 5.91 Å². The van der Waals surface area contributed by atoms with E-state index in [1.54, 1.807) is 25.3 Å². The molecule has 0 aliphatic rings. The van der Waals surface area contributed by atoms with Crippen LogP contribution in [0.1, 0.15) is 42.2 Å². The fourth-order valence-electron chi connectivity index (χ4n) is 2.32. The van der Waals surface area contributed by atoms with Gasteiger partial charge in [-0.25, -0.2) is 0 Å². The summed E-state index contributed by atoms with van der Waals surface area (Å²) in [6.45, 7) is 4.59. The summed E-state index contributed by atoms with van der Waals surface area (Å²) in [7, 11) is 1.60. The monoisotopic (exact) mass is 425 g/mol. The Morgan fingerprint density at radius 2 is 2.00 bits per heavy atom. The van der Waals surface area contributed by atoms with E-state index in [-0.39, 0.29) is 11.9 Å². The van der Waals surface area contributed by atoms with Crippen molar-refractivity contribution >= 4 is 33.4 Å². The van der Waals surface area contributed by atoms with Crippen LogP contribution in [0.3, 0.4) is 0 Å². The van der Waals surface area contributed by atoms with Crippen LogP contribution in [0.15, 0.2) is 40.9 Å². The molecule has 1 atom stereocenters. The molecular formula is C19H21BrClNO3. The Hall–Kier alpha value is -1.72. The van der Waals surface area contributed by atoms with E-state index in [1.807, 2.05) is 32.0 Å². The summed E-state index contributed by atoms with van der Waals surface area (Å²) in [5.74, 6) is 1.12. The number of benzene rings is 2. The Balaban J connectivity index is 2.14. The highest BCUT2D eigenvalue weighted by Crippen LogP contribution is 2.30. The second-order valence-electron chi connectivity index (χ2n) is 5.58. The molecule has 4 nitrogen and oxygen atoms in total. The molecule has 1 unspecified atom stereocenters. The van der Waals surface area contributed by atoms with Gasteiger partial charge in [-0.15, -0.1) is 0 Å². The molecule has 0 fully saturated rings. The van der Waals surface area contributed by atoms with Crippen LogP contribution in [-0.4, -0.2) is 19.6 Å². The van der Waals surface area contributed by atoms with Gasteiger partial charge in [0.1, 0.15) is 0 Å². The number of hydrogen-bond acceptors (Lipinski definition) is 3. The minimum absolute atomic E-state index is 0.207. The third-order valence-corrected chi connectivity index (χ3v) is 4.48. The molecule has 1 amide bonds. The first-order chi connectivity index (χ1) is 12.0. The first kappa shape index (κ1) is 19.6. The lowest BCUT2D eigenvalue weighted by molar-refractivity contribution is 0.0940. The Morgan fingerprint density at radius 3 is 2.64 bits per heavy atom. The molecule has 2 aromatic rings. The van der Waals surface area contributed by atoms with Crippen molar-refractivity contribution in [3.05, 3.63) is 57.0 Å². The summed E-state index contributed by atoms with van der Waals surface area (Å²) in [4.78, 5) is 12.5. The zero-order valence-corrected chi connectivity index (χ0v) is 16.8. The molecule has 0 aliphatic heterocycles. The number of rotatable bonds is 7. The number of methoxy groups -OCH3 is 1. The van der Waals surface area contributed by atoms with Crippen molar-refractivity contribution in [2.24, 2.45) is 0 Å². The third-order valence-electron chi connectivity index (χ3n) is 3.67. The number of hydrogen-bond donors (Lipinski definition) is 1. The molecule has 2 aromatic carbocycles. The first-order valence-corrected chi connectivity index (χ1v) is 9.20. The predicted molar refractivity (Wildman–Crippen MR) is 104 cm³/mol. The maximum absolute atomic E-state index is 12.5. The van der Waals surface area contributed by atoms with Crippen molar-refractivity contribution in [3.63, 3.8) is 0 Å². The summed E-state index contributed by atoms with van der Waals surface area (Å²) in [5, 5.41) is 3.35. The topological polar surface area (TPSA) is 47.6 Å². The molecule has 0 bridgehead atoms. The highest BCUT2D eigenvalue weighted by Gasteiger charge is 2.16. The third kappa shape index (κ3) is 5.13. The van der Waals surface area contributed by atoms with Gasteiger partial charge in [0.15, 0.2) is 11.5 Å². The maximum Gasteiger partial charge on any atom is 0.253 e. The van der Waals surface area contributed by atoms with Gasteiger partial charge in [-0.3, -0.25) is 4.79 Å². The van der Waals surface area contributed by atoms with Gasteiger partial charge in [0.05, 0.1) is 30.3 Å². The molecule has 2 rings (SSSR count). The molecule has 0 radical (unpaired) electrons. The van der Waals surface area contributed by atoms with E-state index in [2.05, 4.69) is 21.2 Å². The average molecular weight is 427 g/mol. The van der Waals surface area contributed by atoms with Gasteiger partial charge < -0.3 is 14.8 Å². The zero-order chi connectivity index (χ0) is 18.4. The van der Waals surface area contributed by atoms with Crippen molar-refractivity contribution in [2.45, 2.75) is 26.3 Å². The molecule has 0 spiro atoms. The van der Waals surface area contributed by atoms with E-state index in [1.165, 1.54) is 0 Å². The lowest BCUT2D eigenvalue weighted by atomic mass is 10.1. The van der Waals surface area contributed by atoms with Gasteiger partial charge in [-0.05, 0) is 49.2 Å². The molecule has 0 heterocycles. The van der Waals surface area contributed by atoms with E-state index in [0.717, 1.165) is 16.5 Å². The summed E-state index contributed by atoms with van der Waals surface area (Å²) in [5.41, 5.74) is 1.36. The van der Waals surface area contributed by atoms with Crippen LogP contribution < -0.4 is 14.8 Å². The smallest absolute Gasteiger partial charge is 0.253 e. The van der Waals surface area contributed by atoms with Gasteiger partial charge in [0.2, 0.25) is 0 Å². The molecule has 25 heavy (non-hydrogen) atoms. The van der Waals surface area contributed by atoms with Crippen LogP contribution in [0.2, 0.25) is 5.02 Å². The van der Waals surface area contributed by atoms with Gasteiger partial charge in [0, 0.05) is 4.47 Å². The quantitative estimate of drug-likeness (QED) is 0.645. The van der Waals surface area contributed by atoms with Crippen molar-refractivity contribution < 1.29 is 14.3 Å². The molecule has 1 N–H and O–H groups in total. The molecular weight excluding hydrogens is 406 g/mol. The standard InChI is InChI=1S/C19H21BrClNO3/c1-4-9-25-17-8-5-13(10-18(17)24-3)12(2)22-19(23)15-7-6-14(20)11-16(15)21/h5-8,10-12H,4,9H2,1-3H3,(H,22,23). The molecule has 6 heteroatoms. The number of ether oxygens (including phenoxy) is 2. The van der Waals surface area contributed by atoms with E-state index >= 15 is 0 Å². The molecule has 134 valence electrons. The normalized spacial score (nSPS) is 11.7. The Morgan fingerprint density at radius 1 is 1.24 bits per heavy atom. The number of halogens is 2. The molecule has 0 aromatic heterocycles. The maximum atomic E-state index is 12.5. The Bertz CT molecular complexity index is 751. The fourth-order valence-corrected chi connectivity index (χ4v) is 3.08. The predicted octanol–water partition coefficient (Wildman–Crippen LogP) is 5.39. The lowest BCUT2D eigenvalue weighted by Crippen LogP contribution is -2.26. The Kier molecular flexibility index (Phi) is 7.14. The van der Waals surface area contributed by atoms with Crippen molar-refractivity contribution in [1.29, 1.82) is 0 Å². The van der Waals surface area contributed by atoms with E-state index < -0.39 is 0 Å². The van der Waals surface area contributed by atoms with Crippen LogP contribution in [0.25, 0.3) is 0 Å². The number of carbonyl (C=O) groups is 1. The van der Waals surface area contributed by atoms with Crippen molar-refractivity contribution in [2.75, 3.05) is 13.7 Å². The molecule has 0 aliphatic carbocycles. The van der Waals surface area contributed by atoms with Crippen LogP contribution in [0.5, 0.6) is 11.5 Å². The van der Waals surface area contributed by atoms with Crippen molar-refractivity contribution in [1.82, 2.24) is 5.32 Å². The minimum atomic E-state index is -0.227. The summed E-state index contributed by atoms with van der Waals surface area (Å²) >= 11 is 9.47. The lowest BCUT2D eigenvalue weighted by Gasteiger charge is -2.17. The van der Waals surface area contributed by atoms with Gasteiger partial charge >= 0.3 is 0 Å². The van der Waals surface area contributed by atoms with Crippen LogP contribution in [0, 0.1) is 0 Å².